The summed E-state index contributed by atoms with van der Waals surface area (Å²) in [5.41, 5.74) is 2.94. The minimum Gasteiger partial charge on any atom is -0.314 e. The maximum Gasteiger partial charge on any atom is 0.0926 e. The molecule has 1 heterocycles. The fourth-order valence-electron chi connectivity index (χ4n) is 1.01. The Morgan fingerprint density at radius 2 is 2.60 bits per heavy atom. The van der Waals surface area contributed by atoms with E-state index in [1.807, 2.05) is 0 Å². The topological polar surface area (TPSA) is 33.3 Å². The summed E-state index contributed by atoms with van der Waals surface area (Å²) in [4.78, 5) is 5.33. The molecular formula is C7H16N2O. The molecule has 0 spiro atoms. The molecule has 0 aromatic carbocycles. The lowest BCUT2D eigenvalue weighted by Gasteiger charge is -2.09. The first-order chi connectivity index (χ1) is 4.93. The van der Waals surface area contributed by atoms with Crippen molar-refractivity contribution in [2.75, 3.05) is 19.6 Å². The van der Waals surface area contributed by atoms with Gasteiger partial charge in [-0.1, -0.05) is 6.92 Å². The Balaban J connectivity index is 1.91. The second kappa shape index (κ2) is 4.66. The van der Waals surface area contributed by atoms with E-state index >= 15 is 0 Å². The Morgan fingerprint density at radius 1 is 1.70 bits per heavy atom. The van der Waals surface area contributed by atoms with Gasteiger partial charge in [0.25, 0.3) is 0 Å². The van der Waals surface area contributed by atoms with Gasteiger partial charge in [-0.2, -0.15) is 0 Å². The van der Waals surface area contributed by atoms with Crippen LogP contribution in [0.1, 0.15) is 19.8 Å². The molecule has 0 aromatic rings. The van der Waals surface area contributed by atoms with Crippen LogP contribution in [0.5, 0.6) is 0 Å². The minimum atomic E-state index is 0.395. The average Bonchev–Trinajstić information content (AvgIpc) is 2.41. The molecule has 2 N–H and O–H groups in total. The average molecular weight is 144 g/mol. The molecule has 0 radical (unpaired) electrons. The Labute approximate surface area is 62.1 Å². The molecule has 0 bridgehead atoms. The van der Waals surface area contributed by atoms with Crippen molar-refractivity contribution in [3.05, 3.63) is 0 Å². The standard InChI is InChI=1S/C7H16N2O/c1-2-4-9-10-7-3-5-8-6-7/h7-9H,2-6H2,1H3/t7-/m1/s1. The molecular weight excluding hydrogens is 128 g/mol. The smallest absolute Gasteiger partial charge is 0.0926 e. The van der Waals surface area contributed by atoms with Crippen LogP contribution in [0, 0.1) is 0 Å². The van der Waals surface area contributed by atoms with Crippen molar-refractivity contribution in [3.63, 3.8) is 0 Å². The van der Waals surface area contributed by atoms with Crippen LogP contribution in [0.25, 0.3) is 0 Å². The molecule has 1 rings (SSSR count). The lowest BCUT2D eigenvalue weighted by atomic mass is 10.3. The van der Waals surface area contributed by atoms with Crippen molar-refractivity contribution in [1.82, 2.24) is 10.8 Å². The first kappa shape index (κ1) is 7.98. The van der Waals surface area contributed by atoms with Crippen LogP contribution in [0.4, 0.5) is 0 Å². The highest BCUT2D eigenvalue weighted by Gasteiger charge is 2.13. The number of rotatable bonds is 4. The summed E-state index contributed by atoms with van der Waals surface area (Å²) in [5, 5.41) is 3.23. The zero-order chi connectivity index (χ0) is 7.23. The summed E-state index contributed by atoms with van der Waals surface area (Å²) in [6, 6.07) is 0. The number of hydrogen-bond acceptors (Lipinski definition) is 3. The van der Waals surface area contributed by atoms with Gasteiger partial charge in [-0.25, -0.2) is 5.48 Å². The molecule has 10 heavy (non-hydrogen) atoms. The van der Waals surface area contributed by atoms with E-state index in [4.69, 9.17) is 4.84 Å². The fraction of sp³-hybridized carbons (Fsp3) is 1.00. The van der Waals surface area contributed by atoms with Gasteiger partial charge in [-0.05, 0) is 19.4 Å². The van der Waals surface area contributed by atoms with Gasteiger partial charge in [0.1, 0.15) is 0 Å². The first-order valence-electron chi connectivity index (χ1n) is 4.02. The van der Waals surface area contributed by atoms with Crippen molar-refractivity contribution in [2.45, 2.75) is 25.9 Å². The molecule has 0 amide bonds. The fourth-order valence-corrected chi connectivity index (χ4v) is 1.01. The summed E-state index contributed by atoms with van der Waals surface area (Å²) in [6.45, 7) is 5.18. The zero-order valence-electron chi connectivity index (χ0n) is 6.52. The maximum absolute atomic E-state index is 5.33. The van der Waals surface area contributed by atoms with E-state index in [-0.39, 0.29) is 0 Å². The highest BCUT2D eigenvalue weighted by molar-refractivity contribution is 4.69. The van der Waals surface area contributed by atoms with Crippen LogP contribution in [0.15, 0.2) is 0 Å². The second-order valence-electron chi connectivity index (χ2n) is 2.63. The van der Waals surface area contributed by atoms with Crippen molar-refractivity contribution in [1.29, 1.82) is 0 Å². The van der Waals surface area contributed by atoms with Crippen LogP contribution in [0.3, 0.4) is 0 Å². The predicted molar refractivity (Wildman–Crippen MR) is 40.7 cm³/mol. The zero-order valence-corrected chi connectivity index (χ0v) is 6.52. The molecule has 0 saturated carbocycles. The normalized spacial score (nSPS) is 25.5. The largest absolute Gasteiger partial charge is 0.314 e. The van der Waals surface area contributed by atoms with Gasteiger partial charge in [-0.15, -0.1) is 0 Å². The van der Waals surface area contributed by atoms with Crippen molar-refractivity contribution < 1.29 is 4.84 Å². The molecule has 3 heteroatoms. The SMILES string of the molecule is CCCNO[C@@H]1CCNC1. The van der Waals surface area contributed by atoms with Gasteiger partial charge in [0.2, 0.25) is 0 Å². The van der Waals surface area contributed by atoms with E-state index in [0.717, 1.165) is 32.5 Å². The number of nitrogens with one attached hydrogen (secondary N) is 2. The van der Waals surface area contributed by atoms with Gasteiger partial charge in [0.05, 0.1) is 6.10 Å². The van der Waals surface area contributed by atoms with Gasteiger partial charge in [0, 0.05) is 13.1 Å². The van der Waals surface area contributed by atoms with Crippen LogP contribution < -0.4 is 10.8 Å². The summed E-state index contributed by atoms with van der Waals surface area (Å²) < 4.78 is 0. The molecule has 3 nitrogen and oxygen atoms in total. The van der Waals surface area contributed by atoms with Crippen molar-refractivity contribution in [3.8, 4) is 0 Å². The van der Waals surface area contributed by atoms with Gasteiger partial charge in [-0.3, -0.25) is 4.84 Å². The lowest BCUT2D eigenvalue weighted by molar-refractivity contribution is -0.0133. The van der Waals surface area contributed by atoms with E-state index in [0.29, 0.717) is 6.10 Å². The molecule has 1 fully saturated rings. The summed E-state index contributed by atoms with van der Waals surface area (Å²) >= 11 is 0. The van der Waals surface area contributed by atoms with E-state index in [1.54, 1.807) is 0 Å². The highest BCUT2D eigenvalue weighted by Crippen LogP contribution is 1.99. The van der Waals surface area contributed by atoms with E-state index < -0.39 is 0 Å². The lowest BCUT2D eigenvalue weighted by Crippen LogP contribution is -2.26. The molecule has 0 unspecified atom stereocenters. The van der Waals surface area contributed by atoms with Crippen LogP contribution in [-0.2, 0) is 4.84 Å². The van der Waals surface area contributed by atoms with E-state index in [2.05, 4.69) is 17.7 Å². The Bertz CT molecular complexity index is 81.7. The summed E-state index contributed by atoms with van der Waals surface area (Å²) in [6.07, 6.45) is 2.66. The number of hydroxylamine groups is 1. The Morgan fingerprint density at radius 3 is 3.20 bits per heavy atom. The molecule has 0 aliphatic carbocycles. The van der Waals surface area contributed by atoms with E-state index in [1.165, 1.54) is 0 Å². The van der Waals surface area contributed by atoms with Crippen molar-refractivity contribution >= 4 is 0 Å². The summed E-state index contributed by atoms with van der Waals surface area (Å²) in [5.74, 6) is 0. The molecule has 1 aliphatic rings. The second-order valence-corrected chi connectivity index (χ2v) is 2.63. The predicted octanol–water partition coefficient (Wildman–Crippen LogP) is 0.279. The molecule has 1 atom stereocenters. The third-order valence-corrected chi connectivity index (χ3v) is 1.62. The monoisotopic (exact) mass is 144 g/mol. The van der Waals surface area contributed by atoms with Gasteiger partial charge >= 0.3 is 0 Å². The van der Waals surface area contributed by atoms with Gasteiger partial charge in [0.15, 0.2) is 0 Å². The molecule has 1 saturated heterocycles. The van der Waals surface area contributed by atoms with E-state index in [9.17, 15) is 0 Å². The number of hydrogen-bond donors (Lipinski definition) is 2. The van der Waals surface area contributed by atoms with Crippen molar-refractivity contribution in [2.24, 2.45) is 0 Å². The van der Waals surface area contributed by atoms with Crippen LogP contribution in [0.2, 0.25) is 0 Å². The van der Waals surface area contributed by atoms with Crippen LogP contribution in [-0.4, -0.2) is 25.7 Å². The third kappa shape index (κ3) is 2.64. The molecule has 1 aliphatic heterocycles. The van der Waals surface area contributed by atoms with Gasteiger partial charge < -0.3 is 5.32 Å². The maximum atomic E-state index is 5.33. The molecule has 0 aromatic heterocycles. The highest BCUT2D eigenvalue weighted by atomic mass is 16.7. The first-order valence-corrected chi connectivity index (χ1v) is 4.02. The quantitative estimate of drug-likeness (QED) is 0.439. The summed E-state index contributed by atoms with van der Waals surface area (Å²) in [7, 11) is 0. The third-order valence-electron chi connectivity index (χ3n) is 1.62. The Hall–Kier alpha value is -0.120. The van der Waals surface area contributed by atoms with Crippen LogP contribution >= 0.6 is 0 Å². The molecule has 60 valence electrons. The minimum absolute atomic E-state index is 0.395. The Kier molecular flexibility index (Phi) is 3.72.